The average molecular weight is 218 g/mol. The van der Waals surface area contributed by atoms with E-state index in [2.05, 4.69) is 39.8 Å². The Labute approximate surface area is 98.6 Å². The van der Waals surface area contributed by atoms with Crippen LogP contribution in [0.1, 0.15) is 34.1 Å². The normalized spacial score (nSPS) is 35.4. The van der Waals surface area contributed by atoms with Gasteiger partial charge in [0.15, 0.2) is 5.78 Å². The van der Waals surface area contributed by atoms with Crippen molar-refractivity contribution in [3.05, 3.63) is 24.3 Å². The van der Waals surface area contributed by atoms with Crippen LogP contribution in [-0.2, 0) is 4.79 Å². The third-order valence-electron chi connectivity index (χ3n) is 4.25. The molecule has 1 saturated carbocycles. The van der Waals surface area contributed by atoms with Crippen LogP contribution >= 0.6 is 0 Å². The second-order valence-electron chi connectivity index (χ2n) is 6.20. The Morgan fingerprint density at radius 3 is 2.56 bits per heavy atom. The molecule has 0 radical (unpaired) electrons. The quantitative estimate of drug-likeness (QED) is 0.522. The maximum absolute atomic E-state index is 12.2. The maximum atomic E-state index is 12.2. The van der Waals surface area contributed by atoms with Gasteiger partial charge in [0, 0.05) is 5.92 Å². The third-order valence-corrected chi connectivity index (χ3v) is 4.25. The lowest BCUT2D eigenvalue weighted by molar-refractivity contribution is -0.122. The second kappa shape index (κ2) is 3.87. The van der Waals surface area contributed by atoms with Gasteiger partial charge in [-0.3, -0.25) is 4.79 Å². The van der Waals surface area contributed by atoms with Crippen LogP contribution in [0.4, 0.5) is 0 Å². The Morgan fingerprint density at radius 1 is 1.38 bits per heavy atom. The summed E-state index contributed by atoms with van der Waals surface area (Å²) in [6, 6.07) is 0. The van der Waals surface area contributed by atoms with E-state index < -0.39 is 0 Å². The molecule has 0 aromatic heterocycles. The second-order valence-corrected chi connectivity index (χ2v) is 6.20. The third kappa shape index (κ3) is 1.77. The van der Waals surface area contributed by atoms with Gasteiger partial charge < -0.3 is 0 Å². The molecule has 0 aromatic carbocycles. The minimum absolute atomic E-state index is 0.151. The highest BCUT2D eigenvalue weighted by Gasteiger charge is 2.52. The fourth-order valence-electron chi connectivity index (χ4n) is 3.28. The number of fused-ring (bicyclic) bond motifs is 2. The molecule has 2 aliphatic rings. The lowest BCUT2D eigenvalue weighted by atomic mass is 9.69. The molecule has 0 aromatic rings. The molecule has 1 heteroatoms. The zero-order chi connectivity index (χ0) is 11.9. The van der Waals surface area contributed by atoms with E-state index in [4.69, 9.17) is 0 Å². The molecule has 88 valence electrons. The molecule has 3 unspecified atom stereocenters. The van der Waals surface area contributed by atoms with E-state index in [-0.39, 0.29) is 11.3 Å². The van der Waals surface area contributed by atoms with Gasteiger partial charge in [0.05, 0.1) is 0 Å². The average Bonchev–Trinajstić information content (AvgIpc) is 2.71. The molecule has 2 bridgehead atoms. The van der Waals surface area contributed by atoms with Gasteiger partial charge in [0.25, 0.3) is 0 Å². The summed E-state index contributed by atoms with van der Waals surface area (Å²) in [7, 11) is 0. The predicted molar refractivity (Wildman–Crippen MR) is 67.0 cm³/mol. The van der Waals surface area contributed by atoms with Gasteiger partial charge >= 0.3 is 0 Å². The van der Waals surface area contributed by atoms with Crippen LogP contribution in [0.2, 0.25) is 0 Å². The molecule has 0 spiro atoms. The lowest BCUT2D eigenvalue weighted by Gasteiger charge is -2.33. The largest absolute Gasteiger partial charge is 0.295 e. The Balaban J connectivity index is 2.16. The molecular formula is C15H22O. The molecule has 0 saturated heterocycles. The van der Waals surface area contributed by atoms with E-state index in [0.717, 1.165) is 0 Å². The Kier molecular flexibility index (Phi) is 2.81. The first kappa shape index (κ1) is 11.6. The maximum Gasteiger partial charge on any atom is 0.159 e. The van der Waals surface area contributed by atoms with Gasteiger partial charge in [-0.25, -0.2) is 0 Å². The van der Waals surface area contributed by atoms with E-state index in [1.165, 1.54) is 6.42 Å². The zero-order valence-electron chi connectivity index (χ0n) is 10.7. The monoisotopic (exact) mass is 218 g/mol. The van der Waals surface area contributed by atoms with Gasteiger partial charge in [0.2, 0.25) is 0 Å². The van der Waals surface area contributed by atoms with E-state index in [1.54, 1.807) is 0 Å². The molecule has 2 aliphatic carbocycles. The lowest BCUT2D eigenvalue weighted by Crippen LogP contribution is -2.33. The number of carbonyl (C=O) groups is 1. The summed E-state index contributed by atoms with van der Waals surface area (Å²) in [6.07, 6.45) is 9.57. The highest BCUT2D eigenvalue weighted by atomic mass is 16.1. The first-order valence-corrected chi connectivity index (χ1v) is 6.33. The number of carbonyl (C=O) groups excluding carboxylic acids is 1. The van der Waals surface area contributed by atoms with Gasteiger partial charge in [-0.1, -0.05) is 45.9 Å². The molecule has 2 rings (SSSR count). The van der Waals surface area contributed by atoms with E-state index in [1.807, 2.05) is 12.2 Å². The van der Waals surface area contributed by atoms with Crippen molar-refractivity contribution in [3.63, 3.8) is 0 Å². The standard InChI is InChI=1S/C15H22O/c1-10(2)5-8-13(16)14-11-6-7-12(9-11)15(14,3)4/h5-8,10-12,14H,9H2,1-4H3. The smallest absolute Gasteiger partial charge is 0.159 e. The molecule has 1 fully saturated rings. The Bertz CT molecular complexity index is 346. The fourth-order valence-corrected chi connectivity index (χ4v) is 3.28. The van der Waals surface area contributed by atoms with Crippen molar-refractivity contribution in [1.82, 2.24) is 0 Å². The molecule has 0 amide bonds. The number of hydrogen-bond acceptors (Lipinski definition) is 1. The summed E-state index contributed by atoms with van der Waals surface area (Å²) in [5.74, 6) is 2.09. The van der Waals surface area contributed by atoms with Crippen molar-refractivity contribution in [2.24, 2.45) is 29.1 Å². The Hall–Kier alpha value is -0.850. The minimum Gasteiger partial charge on any atom is -0.295 e. The van der Waals surface area contributed by atoms with Crippen molar-refractivity contribution >= 4 is 5.78 Å². The van der Waals surface area contributed by atoms with Gasteiger partial charge in [-0.2, -0.15) is 0 Å². The van der Waals surface area contributed by atoms with Crippen LogP contribution in [-0.4, -0.2) is 5.78 Å². The first-order valence-electron chi connectivity index (χ1n) is 6.33. The summed E-state index contributed by atoms with van der Waals surface area (Å²) < 4.78 is 0. The van der Waals surface area contributed by atoms with Crippen molar-refractivity contribution in [2.45, 2.75) is 34.1 Å². The van der Waals surface area contributed by atoms with E-state index in [9.17, 15) is 4.79 Å². The van der Waals surface area contributed by atoms with Crippen molar-refractivity contribution in [2.75, 3.05) is 0 Å². The summed E-state index contributed by atoms with van der Waals surface area (Å²) in [6.45, 7) is 8.70. The van der Waals surface area contributed by atoms with Crippen LogP contribution in [0.15, 0.2) is 24.3 Å². The Morgan fingerprint density at radius 2 is 2.06 bits per heavy atom. The molecule has 0 aliphatic heterocycles. The molecule has 3 atom stereocenters. The van der Waals surface area contributed by atoms with Gasteiger partial charge in [0.1, 0.15) is 0 Å². The molecule has 0 heterocycles. The number of hydrogen-bond donors (Lipinski definition) is 0. The zero-order valence-corrected chi connectivity index (χ0v) is 10.7. The highest BCUT2D eigenvalue weighted by Crippen LogP contribution is 2.56. The molecule has 1 nitrogen and oxygen atoms in total. The fraction of sp³-hybridized carbons (Fsp3) is 0.667. The summed E-state index contributed by atoms with van der Waals surface area (Å²) in [4.78, 5) is 12.2. The molecule has 16 heavy (non-hydrogen) atoms. The number of rotatable bonds is 3. The first-order chi connectivity index (χ1) is 7.43. The summed E-state index contributed by atoms with van der Waals surface area (Å²) in [5, 5.41) is 0. The molecule has 0 N–H and O–H groups in total. The number of ketones is 1. The highest BCUT2D eigenvalue weighted by molar-refractivity contribution is 5.93. The van der Waals surface area contributed by atoms with E-state index >= 15 is 0 Å². The van der Waals surface area contributed by atoms with Crippen molar-refractivity contribution in [3.8, 4) is 0 Å². The van der Waals surface area contributed by atoms with Gasteiger partial charge in [-0.15, -0.1) is 0 Å². The predicted octanol–water partition coefficient (Wildman–Crippen LogP) is 3.62. The van der Waals surface area contributed by atoms with Crippen LogP contribution in [0.3, 0.4) is 0 Å². The van der Waals surface area contributed by atoms with Crippen LogP contribution < -0.4 is 0 Å². The topological polar surface area (TPSA) is 17.1 Å². The minimum atomic E-state index is 0.151. The van der Waals surface area contributed by atoms with Crippen molar-refractivity contribution < 1.29 is 4.79 Å². The van der Waals surface area contributed by atoms with E-state index in [0.29, 0.717) is 23.5 Å². The van der Waals surface area contributed by atoms with Crippen LogP contribution in [0.5, 0.6) is 0 Å². The van der Waals surface area contributed by atoms with Crippen LogP contribution in [0, 0.1) is 29.1 Å². The van der Waals surface area contributed by atoms with Crippen molar-refractivity contribution in [1.29, 1.82) is 0 Å². The van der Waals surface area contributed by atoms with Crippen LogP contribution in [0.25, 0.3) is 0 Å². The summed E-state index contributed by atoms with van der Waals surface area (Å²) >= 11 is 0. The van der Waals surface area contributed by atoms with Gasteiger partial charge in [-0.05, 0) is 35.7 Å². The molecular weight excluding hydrogens is 196 g/mol. The number of allylic oxidation sites excluding steroid dienone is 4. The SMILES string of the molecule is CC(C)C=CC(=O)C1C2C=CC(C2)C1(C)C. The summed E-state index contributed by atoms with van der Waals surface area (Å²) in [5.41, 5.74) is 0.151.